The molecule has 0 aliphatic carbocycles. The minimum absolute atomic E-state index is 0.000318. The number of thioether (sulfide) groups is 1. The number of para-hydroxylation sites is 1. The van der Waals surface area contributed by atoms with Crippen LogP contribution in [0.2, 0.25) is 5.02 Å². The molecule has 226 valence electrons. The van der Waals surface area contributed by atoms with Crippen LogP contribution in [0.1, 0.15) is 46.1 Å². The van der Waals surface area contributed by atoms with Gasteiger partial charge in [-0.15, -0.1) is 11.8 Å². The first-order chi connectivity index (χ1) is 20.1. The van der Waals surface area contributed by atoms with Gasteiger partial charge in [0.2, 0.25) is 17.7 Å². The molecule has 8 atom stereocenters. The molecule has 3 heterocycles. The van der Waals surface area contributed by atoms with Gasteiger partial charge in [0.05, 0.1) is 46.5 Å². The van der Waals surface area contributed by atoms with Crippen LogP contribution in [0, 0.1) is 30.6 Å². The van der Waals surface area contributed by atoms with Crippen LogP contribution in [0.4, 0.5) is 11.4 Å². The number of aryl methyl sites for hydroxylation is 1. The fourth-order valence-corrected chi connectivity index (χ4v) is 9.92. The lowest BCUT2D eigenvalue weighted by Crippen LogP contribution is -2.58. The summed E-state index contributed by atoms with van der Waals surface area (Å²) in [6, 6.07) is 11.2. The minimum atomic E-state index is -0.870. The van der Waals surface area contributed by atoms with Gasteiger partial charge in [-0.3, -0.25) is 14.4 Å². The molecule has 3 aliphatic rings. The average molecular weight is 614 g/mol. The number of carbonyl (C=O) groups excluding carboxylic acids is 3. The van der Waals surface area contributed by atoms with Crippen LogP contribution in [0.3, 0.4) is 0 Å². The molecular weight excluding hydrogens is 574 g/mol. The first-order valence-corrected chi connectivity index (χ1v) is 16.0. The molecule has 5 rings (SSSR count). The number of aliphatic hydroxyl groups excluding tert-OH is 1. The number of fused-ring (bicyclic) bond motifs is 1. The summed E-state index contributed by atoms with van der Waals surface area (Å²) in [6.45, 7) is 10.1. The van der Waals surface area contributed by atoms with E-state index in [2.05, 4.69) is 17.6 Å². The Morgan fingerprint density at radius 1 is 1.17 bits per heavy atom. The Labute approximate surface area is 256 Å². The molecule has 3 aliphatic heterocycles. The lowest BCUT2D eigenvalue weighted by atomic mass is 9.65. The maximum Gasteiger partial charge on any atom is 0.248 e. The molecule has 2 aromatic rings. The van der Waals surface area contributed by atoms with Crippen molar-refractivity contribution in [2.45, 2.75) is 69.5 Å². The largest absolute Gasteiger partial charge is 0.494 e. The van der Waals surface area contributed by atoms with Gasteiger partial charge in [-0.05, 0) is 68.0 Å². The van der Waals surface area contributed by atoms with Gasteiger partial charge in [-0.2, -0.15) is 0 Å². The smallest absolute Gasteiger partial charge is 0.248 e. The molecule has 1 spiro atoms. The van der Waals surface area contributed by atoms with Crippen molar-refractivity contribution in [1.29, 1.82) is 0 Å². The predicted molar refractivity (Wildman–Crippen MR) is 167 cm³/mol. The van der Waals surface area contributed by atoms with Crippen LogP contribution in [0.5, 0.6) is 5.75 Å². The fraction of sp³-hybridized carbons (Fsp3) is 0.531. The second-order valence-corrected chi connectivity index (χ2v) is 13.8. The number of likely N-dealkylation sites (tertiary alicyclic amines) is 1. The Morgan fingerprint density at radius 2 is 1.88 bits per heavy atom. The maximum atomic E-state index is 14.5. The number of anilines is 2. The van der Waals surface area contributed by atoms with Crippen molar-refractivity contribution in [1.82, 2.24) is 4.90 Å². The molecule has 8 nitrogen and oxygen atoms in total. The lowest BCUT2D eigenvalue weighted by Gasteiger charge is -2.41. The van der Waals surface area contributed by atoms with E-state index in [-0.39, 0.29) is 41.4 Å². The van der Waals surface area contributed by atoms with E-state index >= 15 is 0 Å². The molecule has 0 saturated carbocycles. The second kappa shape index (κ2) is 12.1. The number of carbonyl (C=O) groups is 3. The van der Waals surface area contributed by atoms with E-state index in [4.69, 9.17) is 16.3 Å². The van der Waals surface area contributed by atoms with E-state index in [0.29, 0.717) is 35.2 Å². The van der Waals surface area contributed by atoms with Gasteiger partial charge in [0.25, 0.3) is 0 Å². The summed E-state index contributed by atoms with van der Waals surface area (Å²) in [7, 11) is 0. The Hall–Kier alpha value is -2.75. The van der Waals surface area contributed by atoms with E-state index in [1.54, 1.807) is 47.0 Å². The van der Waals surface area contributed by atoms with Crippen LogP contribution >= 0.6 is 23.4 Å². The summed E-state index contributed by atoms with van der Waals surface area (Å²) in [6.07, 6.45) is 1.43. The van der Waals surface area contributed by atoms with E-state index in [1.807, 2.05) is 39.8 Å². The Balaban J connectivity index is 1.53. The van der Waals surface area contributed by atoms with Crippen LogP contribution in [-0.2, 0) is 14.4 Å². The highest BCUT2D eigenvalue weighted by Gasteiger charge is 2.76. The molecule has 2 bridgehead atoms. The van der Waals surface area contributed by atoms with Crippen molar-refractivity contribution in [3.05, 3.63) is 53.1 Å². The number of hydrogen-bond acceptors (Lipinski definition) is 6. The third kappa shape index (κ3) is 4.97. The highest BCUT2D eigenvalue weighted by atomic mass is 35.5. The third-order valence-electron chi connectivity index (χ3n) is 9.48. The van der Waals surface area contributed by atoms with Crippen LogP contribution in [-0.4, -0.2) is 63.0 Å². The van der Waals surface area contributed by atoms with Gasteiger partial charge < -0.3 is 25.4 Å². The van der Waals surface area contributed by atoms with Crippen molar-refractivity contribution in [2.75, 3.05) is 23.8 Å². The summed E-state index contributed by atoms with van der Waals surface area (Å²) in [5.74, 6) is -1.45. The van der Waals surface area contributed by atoms with Gasteiger partial charge in [0, 0.05) is 10.9 Å². The van der Waals surface area contributed by atoms with Crippen molar-refractivity contribution < 1.29 is 24.2 Å². The SMILES string of the molecule is CCOc1ccc(NC(=O)[C@@H]2[C@H]3C(=O)N([C@@H](CO)[C@@H](C)CC)C(C(=O)Nc4c(C)cccc4Cl)C34S[C@@H]2CC4C)cc1. The summed E-state index contributed by atoms with van der Waals surface area (Å²) in [5, 5.41) is 17.0. The molecule has 0 aromatic heterocycles. The van der Waals surface area contributed by atoms with E-state index in [9.17, 15) is 19.5 Å². The zero-order chi connectivity index (χ0) is 30.3. The van der Waals surface area contributed by atoms with Crippen LogP contribution < -0.4 is 15.4 Å². The van der Waals surface area contributed by atoms with Crippen molar-refractivity contribution in [3.8, 4) is 5.75 Å². The Bertz CT molecular complexity index is 1340. The van der Waals surface area contributed by atoms with Crippen LogP contribution in [0.15, 0.2) is 42.5 Å². The van der Waals surface area contributed by atoms with Crippen molar-refractivity contribution >= 4 is 52.5 Å². The standard InChI is InChI=1S/C32H40ClN3O5S/c1-6-17(3)23(16-37)36-28(30(39)35-27-18(4)9-8-10-22(27)33)32-19(5)15-24(42-32)25(26(32)31(36)40)29(38)34-20-11-13-21(14-12-20)41-7-2/h8-14,17,19,23-26,28,37H,6-7,15-16H2,1-5H3,(H,34,38)(H,35,39)/t17-,19?,23-,24+,25-,26-,28?,32?/m0/s1. The van der Waals surface area contributed by atoms with Gasteiger partial charge in [-0.25, -0.2) is 0 Å². The van der Waals surface area contributed by atoms with Crippen molar-refractivity contribution in [3.63, 3.8) is 0 Å². The number of benzene rings is 2. The first kappa shape index (κ1) is 30.7. The molecule has 3 fully saturated rings. The zero-order valence-electron chi connectivity index (χ0n) is 24.7. The maximum absolute atomic E-state index is 14.5. The fourth-order valence-electron chi connectivity index (χ4n) is 7.24. The van der Waals surface area contributed by atoms with Crippen molar-refractivity contribution in [2.24, 2.45) is 23.7 Å². The number of hydrogen-bond donors (Lipinski definition) is 3. The highest BCUT2D eigenvalue weighted by molar-refractivity contribution is 8.02. The Morgan fingerprint density at radius 3 is 2.50 bits per heavy atom. The summed E-state index contributed by atoms with van der Waals surface area (Å²) < 4.78 is 4.70. The van der Waals surface area contributed by atoms with E-state index < -0.39 is 28.7 Å². The number of nitrogens with one attached hydrogen (secondary N) is 2. The molecule has 42 heavy (non-hydrogen) atoms. The molecule has 10 heteroatoms. The number of rotatable bonds is 10. The zero-order valence-corrected chi connectivity index (χ0v) is 26.3. The molecule has 0 radical (unpaired) electrons. The summed E-state index contributed by atoms with van der Waals surface area (Å²) in [4.78, 5) is 44.4. The monoisotopic (exact) mass is 613 g/mol. The number of halogens is 1. The molecule has 3 N–H and O–H groups in total. The quantitative estimate of drug-likeness (QED) is 0.333. The molecule has 3 unspecified atom stereocenters. The number of nitrogens with zero attached hydrogens (tertiary/aromatic N) is 1. The highest BCUT2D eigenvalue weighted by Crippen LogP contribution is 2.69. The normalized spacial score (nSPS) is 29.3. The molecular formula is C32H40ClN3O5S. The summed E-state index contributed by atoms with van der Waals surface area (Å²) in [5.41, 5.74) is 1.94. The minimum Gasteiger partial charge on any atom is -0.494 e. The van der Waals surface area contributed by atoms with Gasteiger partial charge in [-0.1, -0.05) is 50.9 Å². The van der Waals surface area contributed by atoms with E-state index in [0.717, 1.165) is 12.0 Å². The van der Waals surface area contributed by atoms with Gasteiger partial charge in [0.1, 0.15) is 11.8 Å². The topological polar surface area (TPSA) is 108 Å². The van der Waals surface area contributed by atoms with Crippen LogP contribution in [0.25, 0.3) is 0 Å². The predicted octanol–water partition coefficient (Wildman–Crippen LogP) is 5.37. The number of aliphatic hydroxyl groups is 1. The van der Waals surface area contributed by atoms with Gasteiger partial charge >= 0.3 is 0 Å². The molecule has 2 aromatic carbocycles. The molecule has 3 amide bonds. The second-order valence-electron chi connectivity index (χ2n) is 11.8. The van der Waals surface area contributed by atoms with E-state index in [1.165, 1.54) is 0 Å². The first-order valence-electron chi connectivity index (χ1n) is 14.8. The Kier molecular flexibility index (Phi) is 8.84. The lowest BCUT2D eigenvalue weighted by molar-refractivity contribution is -0.142. The number of ether oxygens (including phenoxy) is 1. The molecule has 3 saturated heterocycles. The third-order valence-corrected chi connectivity index (χ3v) is 11.9. The summed E-state index contributed by atoms with van der Waals surface area (Å²) >= 11 is 8.10. The van der Waals surface area contributed by atoms with Gasteiger partial charge in [0.15, 0.2) is 0 Å². The average Bonchev–Trinajstić information content (AvgIpc) is 3.56. The number of amides is 3.